The Bertz CT molecular complexity index is 208. The van der Waals surface area contributed by atoms with Crippen molar-refractivity contribution >= 4 is 11.8 Å². The molecular weight excluding hydrogens is 190 g/mol. The van der Waals surface area contributed by atoms with Crippen molar-refractivity contribution in [3.63, 3.8) is 0 Å². The molecule has 0 spiro atoms. The second kappa shape index (κ2) is 7.43. The Morgan fingerprint density at radius 2 is 1.53 bits per heavy atom. The van der Waals surface area contributed by atoms with E-state index in [2.05, 4.69) is 0 Å². The quantitative estimate of drug-likeness (QED) is 0.671. The highest BCUT2D eigenvalue weighted by atomic mass is 16.2. The number of imide groups is 1. The van der Waals surface area contributed by atoms with Crippen LogP contribution in [0.1, 0.15) is 52.9 Å². The molecule has 0 unspecified atom stereocenters. The van der Waals surface area contributed by atoms with Gasteiger partial charge in [-0.05, 0) is 12.8 Å². The summed E-state index contributed by atoms with van der Waals surface area (Å²) >= 11 is 0. The third-order valence-corrected chi connectivity index (χ3v) is 2.76. The van der Waals surface area contributed by atoms with Crippen molar-refractivity contribution < 1.29 is 9.59 Å². The van der Waals surface area contributed by atoms with Crippen molar-refractivity contribution in [2.75, 3.05) is 7.05 Å². The maximum absolute atomic E-state index is 11.6. The van der Waals surface area contributed by atoms with Gasteiger partial charge >= 0.3 is 0 Å². The number of carbonyl (C=O) groups excluding carboxylic acids is 2. The highest BCUT2D eigenvalue weighted by Crippen LogP contribution is 2.24. The highest BCUT2D eigenvalue weighted by Gasteiger charge is 2.25. The normalized spacial score (nSPS) is 16.3. The van der Waals surface area contributed by atoms with E-state index in [1.165, 1.54) is 18.2 Å². The molecule has 0 bridgehead atoms. The van der Waals surface area contributed by atoms with Gasteiger partial charge in [0.1, 0.15) is 0 Å². The zero-order valence-electron chi connectivity index (χ0n) is 10.4. The fourth-order valence-electron chi connectivity index (χ4n) is 1.78. The second-order valence-corrected chi connectivity index (χ2v) is 3.75. The van der Waals surface area contributed by atoms with Crippen LogP contribution in [0.4, 0.5) is 0 Å². The summed E-state index contributed by atoms with van der Waals surface area (Å²) in [5, 5.41) is 0. The van der Waals surface area contributed by atoms with Gasteiger partial charge in [-0.15, -0.1) is 0 Å². The first kappa shape index (κ1) is 14.1. The molecule has 2 amide bonds. The number of hydrogen-bond acceptors (Lipinski definition) is 2. The minimum atomic E-state index is -0.157. The molecule has 88 valence electrons. The first-order valence-corrected chi connectivity index (χ1v) is 5.91. The number of hydrogen-bond donors (Lipinski definition) is 0. The highest BCUT2D eigenvalue weighted by molar-refractivity contribution is 5.94. The molecule has 0 aromatic heterocycles. The van der Waals surface area contributed by atoms with E-state index in [0.717, 1.165) is 25.7 Å². The van der Waals surface area contributed by atoms with Crippen molar-refractivity contribution in [2.24, 2.45) is 5.92 Å². The zero-order valence-corrected chi connectivity index (χ0v) is 10.4. The predicted molar refractivity (Wildman–Crippen MR) is 61.4 cm³/mol. The smallest absolute Gasteiger partial charge is 0.232 e. The Hall–Kier alpha value is -0.860. The van der Waals surface area contributed by atoms with Gasteiger partial charge in [-0.2, -0.15) is 0 Å². The van der Waals surface area contributed by atoms with E-state index < -0.39 is 0 Å². The molecule has 3 heteroatoms. The first-order valence-electron chi connectivity index (χ1n) is 5.91. The van der Waals surface area contributed by atoms with Gasteiger partial charge in [0.25, 0.3) is 0 Å². The molecule has 0 aliphatic heterocycles. The van der Waals surface area contributed by atoms with Gasteiger partial charge in [0.05, 0.1) is 0 Å². The molecule has 0 saturated heterocycles. The van der Waals surface area contributed by atoms with Crippen LogP contribution in [-0.4, -0.2) is 23.8 Å². The molecule has 1 rings (SSSR count). The zero-order chi connectivity index (χ0) is 11.8. The van der Waals surface area contributed by atoms with Crippen molar-refractivity contribution in [1.29, 1.82) is 0 Å². The molecule has 0 heterocycles. The summed E-state index contributed by atoms with van der Waals surface area (Å²) in [6.45, 7) is 5.43. The Labute approximate surface area is 92.8 Å². The van der Waals surface area contributed by atoms with Crippen LogP contribution in [0, 0.1) is 5.92 Å². The van der Waals surface area contributed by atoms with Crippen LogP contribution in [0.2, 0.25) is 0 Å². The van der Waals surface area contributed by atoms with Crippen molar-refractivity contribution in [2.45, 2.75) is 52.9 Å². The van der Waals surface area contributed by atoms with Crippen LogP contribution in [-0.2, 0) is 9.59 Å². The number of amides is 2. The summed E-state index contributed by atoms with van der Waals surface area (Å²) < 4.78 is 0. The van der Waals surface area contributed by atoms with E-state index in [1.807, 2.05) is 13.8 Å². The van der Waals surface area contributed by atoms with Crippen LogP contribution >= 0.6 is 0 Å². The topological polar surface area (TPSA) is 37.4 Å². The van der Waals surface area contributed by atoms with Gasteiger partial charge < -0.3 is 0 Å². The van der Waals surface area contributed by atoms with Crippen LogP contribution in [0.25, 0.3) is 0 Å². The van der Waals surface area contributed by atoms with Gasteiger partial charge in [-0.3, -0.25) is 14.5 Å². The first-order chi connectivity index (χ1) is 7.13. The molecule has 0 atom stereocenters. The van der Waals surface area contributed by atoms with Crippen molar-refractivity contribution in [3.8, 4) is 0 Å². The summed E-state index contributed by atoms with van der Waals surface area (Å²) in [5.74, 6) is -0.0505. The Balaban J connectivity index is 0.000000921. The fourth-order valence-corrected chi connectivity index (χ4v) is 1.78. The van der Waals surface area contributed by atoms with E-state index in [-0.39, 0.29) is 17.7 Å². The fraction of sp³-hybridized carbons (Fsp3) is 0.833. The monoisotopic (exact) mass is 213 g/mol. The van der Waals surface area contributed by atoms with Crippen LogP contribution < -0.4 is 0 Å². The van der Waals surface area contributed by atoms with Gasteiger partial charge in [-0.1, -0.05) is 33.1 Å². The van der Waals surface area contributed by atoms with Crippen molar-refractivity contribution in [3.05, 3.63) is 0 Å². The molecule has 1 aliphatic rings. The molecule has 0 radical (unpaired) electrons. The summed E-state index contributed by atoms with van der Waals surface area (Å²) in [4.78, 5) is 23.8. The maximum Gasteiger partial charge on any atom is 0.232 e. The SMILES string of the molecule is CC.CC(=O)N(C)C(=O)C1CCCCC1. The van der Waals surface area contributed by atoms with Crippen LogP contribution in [0.3, 0.4) is 0 Å². The molecule has 3 nitrogen and oxygen atoms in total. The average Bonchev–Trinajstić information content (AvgIpc) is 2.31. The molecule has 0 N–H and O–H groups in total. The third-order valence-electron chi connectivity index (χ3n) is 2.76. The Kier molecular flexibility index (Phi) is 7.01. The molecule has 0 aromatic rings. The lowest BCUT2D eigenvalue weighted by molar-refractivity contribution is -0.145. The van der Waals surface area contributed by atoms with Gasteiger partial charge in [0, 0.05) is 19.9 Å². The van der Waals surface area contributed by atoms with Crippen LogP contribution in [0.15, 0.2) is 0 Å². The minimum Gasteiger partial charge on any atom is -0.286 e. The Morgan fingerprint density at radius 1 is 1.07 bits per heavy atom. The lowest BCUT2D eigenvalue weighted by Crippen LogP contribution is -2.36. The lowest BCUT2D eigenvalue weighted by Gasteiger charge is -2.24. The second-order valence-electron chi connectivity index (χ2n) is 3.75. The molecule has 0 aromatic carbocycles. The summed E-state index contributed by atoms with van der Waals surface area (Å²) in [5.41, 5.74) is 0. The van der Waals surface area contributed by atoms with Crippen molar-refractivity contribution in [1.82, 2.24) is 4.90 Å². The largest absolute Gasteiger partial charge is 0.286 e. The van der Waals surface area contributed by atoms with Crippen LogP contribution in [0.5, 0.6) is 0 Å². The van der Waals surface area contributed by atoms with Gasteiger partial charge in [-0.25, -0.2) is 0 Å². The Morgan fingerprint density at radius 3 is 1.93 bits per heavy atom. The average molecular weight is 213 g/mol. The molecule has 1 saturated carbocycles. The van der Waals surface area contributed by atoms with Gasteiger partial charge in [0.15, 0.2) is 0 Å². The summed E-state index contributed by atoms with van der Waals surface area (Å²) in [6.07, 6.45) is 5.39. The molecular formula is C12H23NO2. The third kappa shape index (κ3) is 4.45. The minimum absolute atomic E-state index is 0.00667. The molecule has 15 heavy (non-hydrogen) atoms. The van der Waals surface area contributed by atoms with E-state index >= 15 is 0 Å². The lowest BCUT2D eigenvalue weighted by atomic mass is 9.88. The van der Waals surface area contributed by atoms with E-state index in [4.69, 9.17) is 0 Å². The van der Waals surface area contributed by atoms with E-state index in [1.54, 1.807) is 7.05 Å². The predicted octanol–water partition coefficient (Wildman–Crippen LogP) is 2.60. The van der Waals surface area contributed by atoms with E-state index in [0.29, 0.717) is 0 Å². The number of carbonyl (C=O) groups is 2. The number of nitrogens with zero attached hydrogens (tertiary/aromatic N) is 1. The van der Waals surface area contributed by atoms with E-state index in [9.17, 15) is 9.59 Å². The standard InChI is InChI=1S/C10H17NO2.C2H6/c1-8(12)11(2)10(13)9-6-4-3-5-7-9;1-2/h9H,3-7H2,1-2H3;1-2H3. The van der Waals surface area contributed by atoms with Gasteiger partial charge in [0.2, 0.25) is 11.8 Å². The molecule has 1 aliphatic carbocycles. The molecule has 1 fully saturated rings. The summed E-state index contributed by atoms with van der Waals surface area (Å²) in [6, 6.07) is 0. The summed E-state index contributed by atoms with van der Waals surface area (Å²) in [7, 11) is 1.57. The maximum atomic E-state index is 11.6. The number of rotatable bonds is 1.